The zero-order valence-corrected chi connectivity index (χ0v) is 19.4. The average Bonchev–Trinajstić information content (AvgIpc) is 3.53. The van der Waals surface area contributed by atoms with Gasteiger partial charge in [-0.25, -0.2) is 0 Å². The Kier molecular flexibility index (Phi) is 5.58. The Morgan fingerprint density at radius 2 is 1.47 bits per heavy atom. The minimum absolute atomic E-state index is 0. The van der Waals surface area contributed by atoms with Crippen LogP contribution in [0, 0.1) is 0 Å². The van der Waals surface area contributed by atoms with Crippen molar-refractivity contribution in [1.82, 2.24) is 0 Å². The van der Waals surface area contributed by atoms with Gasteiger partial charge in [-0.1, -0.05) is 60.7 Å². The summed E-state index contributed by atoms with van der Waals surface area (Å²) in [5.74, 6) is -0.151. The van der Waals surface area contributed by atoms with Gasteiger partial charge in [0.25, 0.3) is 0 Å². The molecule has 0 spiro atoms. The van der Waals surface area contributed by atoms with Gasteiger partial charge in [0.2, 0.25) is 0 Å². The molecule has 0 saturated carbocycles. The molecule has 2 aromatic carbocycles. The van der Waals surface area contributed by atoms with E-state index in [0.717, 1.165) is 35.0 Å². The van der Waals surface area contributed by atoms with E-state index < -0.39 is 5.41 Å². The zero-order valence-electron chi connectivity index (χ0n) is 17.8. The summed E-state index contributed by atoms with van der Waals surface area (Å²) in [5, 5.41) is 0. The van der Waals surface area contributed by atoms with Crippen LogP contribution in [0.5, 0.6) is 0 Å². The van der Waals surface area contributed by atoms with Gasteiger partial charge in [0.05, 0.1) is 13.6 Å². The number of carbonyl (C=O) groups is 1. The van der Waals surface area contributed by atoms with Gasteiger partial charge in [-0.3, -0.25) is 4.79 Å². The lowest BCUT2D eigenvalue weighted by atomic mass is 9.76. The molecule has 3 aliphatic heterocycles. The summed E-state index contributed by atoms with van der Waals surface area (Å²) in [6.07, 6.45) is 2.49. The fourth-order valence-corrected chi connectivity index (χ4v) is 5.84. The van der Waals surface area contributed by atoms with E-state index >= 15 is 0 Å². The van der Waals surface area contributed by atoms with Crippen molar-refractivity contribution in [2.24, 2.45) is 0 Å². The van der Waals surface area contributed by atoms with E-state index in [0.29, 0.717) is 24.3 Å². The maximum Gasteiger partial charge on any atom is 0.321 e. The molecule has 3 heterocycles. The van der Waals surface area contributed by atoms with Crippen molar-refractivity contribution in [3.8, 4) is 0 Å². The molecule has 2 aromatic rings. The van der Waals surface area contributed by atoms with Gasteiger partial charge in [0.15, 0.2) is 0 Å². The van der Waals surface area contributed by atoms with Crippen LogP contribution < -0.4 is 17.0 Å². The highest BCUT2D eigenvalue weighted by Gasteiger charge is 2.71. The molecule has 3 saturated heterocycles. The van der Waals surface area contributed by atoms with Crippen LogP contribution in [0.2, 0.25) is 0 Å². The topological polar surface area (TPSA) is 38.8 Å². The van der Waals surface area contributed by atoms with E-state index in [2.05, 4.69) is 14.0 Å². The summed E-state index contributed by atoms with van der Waals surface area (Å²) in [6.45, 7) is 5.36. The maximum absolute atomic E-state index is 13.6. The van der Waals surface area contributed by atoms with Gasteiger partial charge in [-0.15, -0.1) is 0 Å². The normalized spacial score (nSPS) is 33.9. The van der Waals surface area contributed by atoms with Crippen molar-refractivity contribution in [2.75, 3.05) is 13.6 Å². The van der Waals surface area contributed by atoms with Crippen LogP contribution in [-0.4, -0.2) is 54.4 Å². The van der Waals surface area contributed by atoms with E-state index in [1.54, 1.807) is 0 Å². The van der Waals surface area contributed by atoms with Crippen molar-refractivity contribution < 1.29 is 35.7 Å². The van der Waals surface area contributed by atoms with E-state index in [-0.39, 0.29) is 29.1 Å². The van der Waals surface area contributed by atoms with Crippen LogP contribution in [0.1, 0.15) is 37.8 Å². The van der Waals surface area contributed by atoms with Crippen LogP contribution in [-0.2, 0) is 19.7 Å². The van der Waals surface area contributed by atoms with Crippen molar-refractivity contribution in [3.05, 3.63) is 71.8 Å². The van der Waals surface area contributed by atoms with Crippen molar-refractivity contribution in [2.45, 2.75) is 62.5 Å². The van der Waals surface area contributed by atoms with Gasteiger partial charge in [-0.2, -0.15) is 0 Å². The number of morpholine rings is 1. The number of carbonyl (C=O) groups excluding carboxylic acids is 1. The molecule has 3 aliphatic rings. The Labute approximate surface area is 189 Å². The van der Waals surface area contributed by atoms with Crippen LogP contribution in [0.3, 0.4) is 0 Å². The number of hydrogen-bond acceptors (Lipinski definition) is 3. The monoisotopic (exact) mass is 471 g/mol. The molecular weight excluding hydrogens is 442 g/mol. The molecule has 5 heteroatoms. The summed E-state index contributed by atoms with van der Waals surface area (Å²) >= 11 is 0. The van der Waals surface area contributed by atoms with E-state index in [1.165, 1.54) is 0 Å². The number of benzene rings is 2. The summed E-state index contributed by atoms with van der Waals surface area (Å²) in [5.41, 5.74) is 1.12. The zero-order chi connectivity index (χ0) is 20.2. The van der Waals surface area contributed by atoms with Gasteiger partial charge >= 0.3 is 5.97 Å². The predicted molar refractivity (Wildman–Crippen MR) is 111 cm³/mol. The van der Waals surface area contributed by atoms with Crippen LogP contribution in [0.4, 0.5) is 0 Å². The number of ether oxygens (including phenoxy) is 2. The summed E-state index contributed by atoms with van der Waals surface area (Å²) in [7, 11) is 2.35. The summed E-state index contributed by atoms with van der Waals surface area (Å²) in [6, 6.07) is 20.9. The largest absolute Gasteiger partial charge is 1.00 e. The van der Waals surface area contributed by atoms with Gasteiger partial charge in [0, 0.05) is 12.8 Å². The molecule has 0 amide bonds. The maximum atomic E-state index is 13.6. The first kappa shape index (κ1) is 21.5. The SMILES string of the molecule is CC[N+]1(C)C2CC(OC(=O)C(C)(c3ccccc3)c3ccccc3)CC1[C@H]1OC21.[Br-]. The number of halogens is 1. The molecule has 160 valence electrons. The quantitative estimate of drug-likeness (QED) is 0.365. The molecule has 0 aromatic heterocycles. The molecule has 0 aliphatic carbocycles. The highest BCUT2D eigenvalue weighted by Crippen LogP contribution is 2.52. The van der Waals surface area contributed by atoms with Crippen molar-refractivity contribution in [3.63, 3.8) is 0 Å². The lowest BCUT2D eigenvalue weighted by molar-refractivity contribution is -0.954. The minimum Gasteiger partial charge on any atom is -1.00 e. The number of quaternary nitrogens is 1. The molecule has 5 unspecified atom stereocenters. The molecular formula is C25H30BrNO3. The Morgan fingerprint density at radius 3 is 1.90 bits per heavy atom. The fraction of sp³-hybridized carbons (Fsp3) is 0.480. The smallest absolute Gasteiger partial charge is 0.321 e. The lowest BCUT2D eigenvalue weighted by Crippen LogP contribution is -3.00. The third kappa shape index (κ3) is 3.14. The van der Waals surface area contributed by atoms with Gasteiger partial charge in [-0.05, 0) is 25.0 Å². The van der Waals surface area contributed by atoms with Crippen molar-refractivity contribution in [1.29, 1.82) is 0 Å². The van der Waals surface area contributed by atoms with E-state index in [4.69, 9.17) is 9.47 Å². The van der Waals surface area contributed by atoms with E-state index in [1.807, 2.05) is 67.6 Å². The molecule has 0 radical (unpaired) electrons. The number of rotatable bonds is 5. The summed E-state index contributed by atoms with van der Waals surface area (Å²) < 4.78 is 13.2. The van der Waals surface area contributed by atoms with Crippen LogP contribution in [0.25, 0.3) is 0 Å². The molecule has 0 N–H and O–H groups in total. The first-order valence-corrected chi connectivity index (χ1v) is 10.8. The highest BCUT2D eigenvalue weighted by molar-refractivity contribution is 5.87. The number of likely N-dealkylation sites (N-methyl/N-ethyl adjacent to an activating group) is 1. The first-order chi connectivity index (χ1) is 14.0. The number of esters is 1. The second-order valence-corrected chi connectivity index (χ2v) is 9.22. The van der Waals surface area contributed by atoms with Crippen LogP contribution in [0.15, 0.2) is 60.7 Å². The highest BCUT2D eigenvalue weighted by atomic mass is 79.9. The Hall–Kier alpha value is -1.69. The lowest BCUT2D eigenvalue weighted by Gasteiger charge is -2.48. The number of piperidine rings is 1. The minimum atomic E-state index is -0.818. The third-order valence-corrected chi connectivity index (χ3v) is 7.91. The Balaban J connectivity index is 0.00000218. The number of hydrogen-bond donors (Lipinski definition) is 0. The first-order valence-electron chi connectivity index (χ1n) is 10.8. The molecule has 4 nitrogen and oxygen atoms in total. The second-order valence-electron chi connectivity index (χ2n) is 9.22. The van der Waals surface area contributed by atoms with Gasteiger partial charge < -0.3 is 30.9 Å². The fourth-order valence-electron chi connectivity index (χ4n) is 5.84. The predicted octanol–water partition coefficient (Wildman–Crippen LogP) is 0.687. The molecule has 2 bridgehead atoms. The average molecular weight is 472 g/mol. The number of nitrogens with zero attached hydrogens (tertiary/aromatic N) is 1. The molecule has 30 heavy (non-hydrogen) atoms. The Bertz CT molecular complexity index is 846. The second kappa shape index (κ2) is 7.77. The number of epoxide rings is 1. The summed E-state index contributed by atoms with van der Waals surface area (Å²) in [4.78, 5) is 13.6. The standard InChI is InChI=1S/C25H30NO3.BrH/c1-4-26(3)20-15-19(16-21(26)23-22(20)29-23)28-24(27)25(2,17-11-7-5-8-12-17)18-13-9-6-10-14-18;/h5-14,19-23H,4,15-16H2,1-3H3;1H/q+1;/p-1/t19?,20?,21?,22-,23?,26?;/m1./s1. The van der Waals surface area contributed by atoms with Crippen molar-refractivity contribution >= 4 is 5.97 Å². The number of fused-ring (bicyclic) bond motifs is 5. The van der Waals surface area contributed by atoms with Gasteiger partial charge in [0.1, 0.15) is 35.8 Å². The van der Waals surface area contributed by atoms with E-state index in [9.17, 15) is 4.79 Å². The Morgan fingerprint density at radius 1 is 1.00 bits per heavy atom. The molecule has 3 fully saturated rings. The molecule has 6 atom stereocenters. The van der Waals surface area contributed by atoms with Crippen LogP contribution >= 0.6 is 0 Å². The third-order valence-electron chi connectivity index (χ3n) is 7.91. The molecule has 5 rings (SSSR count).